The second-order valence-electron chi connectivity index (χ2n) is 5.73. The van der Waals surface area contributed by atoms with Crippen LogP contribution in [0.3, 0.4) is 0 Å². The van der Waals surface area contributed by atoms with Gasteiger partial charge in [-0.2, -0.15) is 4.31 Å². The fourth-order valence-electron chi connectivity index (χ4n) is 2.53. The zero-order valence-electron chi connectivity index (χ0n) is 12.8. The Hall–Kier alpha value is -0.950. The number of hydrogen-bond donors (Lipinski definition) is 1. The molecular weight excluding hydrogens is 286 g/mol. The third kappa shape index (κ3) is 4.03. The van der Waals surface area contributed by atoms with Crippen molar-refractivity contribution in [2.75, 3.05) is 33.2 Å². The van der Waals surface area contributed by atoms with E-state index in [2.05, 4.69) is 4.90 Å². The molecule has 0 radical (unpaired) electrons. The highest BCUT2D eigenvalue weighted by atomic mass is 32.2. The number of benzene rings is 1. The molecule has 2 rings (SSSR count). The Kier molecular flexibility index (Phi) is 5.37. The Labute approximate surface area is 127 Å². The maximum atomic E-state index is 12.5. The fraction of sp³-hybridized carbons (Fsp3) is 0.600. The van der Waals surface area contributed by atoms with Crippen LogP contribution in [0.2, 0.25) is 0 Å². The van der Waals surface area contributed by atoms with Crippen LogP contribution in [0.15, 0.2) is 29.2 Å². The molecule has 1 unspecified atom stereocenters. The van der Waals surface area contributed by atoms with E-state index in [9.17, 15) is 8.42 Å². The minimum Gasteiger partial charge on any atom is -0.324 e. The number of likely N-dealkylation sites (N-methyl/N-ethyl adjacent to an activating group) is 1. The predicted molar refractivity (Wildman–Crippen MR) is 84.5 cm³/mol. The zero-order valence-corrected chi connectivity index (χ0v) is 13.6. The van der Waals surface area contributed by atoms with E-state index in [1.807, 2.05) is 6.92 Å². The Balaban J connectivity index is 2.01. The van der Waals surface area contributed by atoms with E-state index < -0.39 is 10.0 Å². The average Bonchev–Trinajstić information content (AvgIpc) is 2.98. The van der Waals surface area contributed by atoms with Crippen molar-refractivity contribution >= 4 is 10.0 Å². The number of hydrogen-bond acceptors (Lipinski definition) is 4. The van der Waals surface area contributed by atoms with E-state index in [1.165, 1.54) is 17.1 Å². The van der Waals surface area contributed by atoms with E-state index >= 15 is 0 Å². The summed E-state index contributed by atoms with van der Waals surface area (Å²) >= 11 is 0. The summed E-state index contributed by atoms with van der Waals surface area (Å²) < 4.78 is 26.4. The van der Waals surface area contributed by atoms with Crippen molar-refractivity contribution in [1.82, 2.24) is 9.21 Å². The average molecular weight is 311 g/mol. The van der Waals surface area contributed by atoms with Gasteiger partial charge in [0.1, 0.15) is 0 Å². The van der Waals surface area contributed by atoms with Crippen LogP contribution in [0.5, 0.6) is 0 Å². The van der Waals surface area contributed by atoms with Gasteiger partial charge in [-0.1, -0.05) is 12.1 Å². The van der Waals surface area contributed by atoms with Crippen LogP contribution in [0.4, 0.5) is 0 Å². The molecule has 1 heterocycles. The van der Waals surface area contributed by atoms with Crippen LogP contribution in [-0.4, -0.2) is 50.8 Å². The third-order valence-electron chi connectivity index (χ3n) is 4.04. The van der Waals surface area contributed by atoms with Crippen molar-refractivity contribution in [2.45, 2.75) is 30.7 Å². The van der Waals surface area contributed by atoms with Gasteiger partial charge < -0.3 is 10.6 Å². The number of nitrogens with zero attached hydrogens (tertiary/aromatic N) is 2. The molecule has 0 bridgehead atoms. The molecule has 21 heavy (non-hydrogen) atoms. The summed E-state index contributed by atoms with van der Waals surface area (Å²) in [5.41, 5.74) is 6.72. The molecule has 0 spiro atoms. The van der Waals surface area contributed by atoms with Gasteiger partial charge in [0, 0.05) is 26.2 Å². The second-order valence-corrected chi connectivity index (χ2v) is 7.78. The summed E-state index contributed by atoms with van der Waals surface area (Å²) in [7, 11) is -1.76. The molecule has 1 aliphatic rings. The Morgan fingerprint density at radius 3 is 2.33 bits per heavy atom. The van der Waals surface area contributed by atoms with Gasteiger partial charge in [0.15, 0.2) is 0 Å². The van der Waals surface area contributed by atoms with Gasteiger partial charge in [0.2, 0.25) is 10.0 Å². The molecule has 2 N–H and O–H groups in total. The highest BCUT2D eigenvalue weighted by Gasteiger charge is 2.22. The summed E-state index contributed by atoms with van der Waals surface area (Å²) in [4.78, 5) is 2.64. The second kappa shape index (κ2) is 6.87. The third-order valence-corrected chi connectivity index (χ3v) is 5.91. The van der Waals surface area contributed by atoms with Crippen molar-refractivity contribution in [3.05, 3.63) is 29.8 Å². The standard InChI is InChI=1S/C15H25N3O2S/c1-13(16)14-5-7-15(8-6-14)21(19,20)17(2)11-12-18-9-3-4-10-18/h5-8,13H,3-4,9-12,16H2,1-2H3. The maximum absolute atomic E-state index is 12.5. The van der Waals surface area contributed by atoms with E-state index in [1.54, 1.807) is 31.3 Å². The summed E-state index contributed by atoms with van der Waals surface area (Å²) in [5.74, 6) is 0. The Morgan fingerprint density at radius 1 is 1.24 bits per heavy atom. The maximum Gasteiger partial charge on any atom is 0.242 e. The van der Waals surface area contributed by atoms with Crippen LogP contribution in [0.1, 0.15) is 31.4 Å². The topological polar surface area (TPSA) is 66.6 Å². The SMILES string of the molecule is CC(N)c1ccc(S(=O)(=O)N(C)CCN2CCCC2)cc1. The molecule has 5 nitrogen and oxygen atoms in total. The summed E-state index contributed by atoms with van der Waals surface area (Å²) in [6, 6.07) is 6.76. The van der Waals surface area contributed by atoms with E-state index in [0.717, 1.165) is 25.2 Å². The van der Waals surface area contributed by atoms with Crippen molar-refractivity contribution in [1.29, 1.82) is 0 Å². The Bertz CT molecular complexity index is 549. The van der Waals surface area contributed by atoms with Gasteiger partial charge >= 0.3 is 0 Å². The highest BCUT2D eigenvalue weighted by molar-refractivity contribution is 7.89. The molecule has 6 heteroatoms. The molecule has 1 saturated heterocycles. The first-order valence-electron chi connectivity index (χ1n) is 7.45. The molecule has 0 aliphatic carbocycles. The highest BCUT2D eigenvalue weighted by Crippen LogP contribution is 2.18. The van der Waals surface area contributed by atoms with Crippen LogP contribution in [-0.2, 0) is 10.0 Å². The van der Waals surface area contributed by atoms with Crippen molar-refractivity contribution in [3.63, 3.8) is 0 Å². The first-order valence-corrected chi connectivity index (χ1v) is 8.89. The predicted octanol–water partition coefficient (Wildman–Crippen LogP) is 1.42. The van der Waals surface area contributed by atoms with Crippen molar-refractivity contribution < 1.29 is 8.42 Å². The van der Waals surface area contributed by atoms with Crippen LogP contribution >= 0.6 is 0 Å². The van der Waals surface area contributed by atoms with Crippen molar-refractivity contribution in [2.24, 2.45) is 5.73 Å². The van der Waals surface area contributed by atoms with E-state index in [0.29, 0.717) is 11.4 Å². The van der Waals surface area contributed by atoms with Gasteiger partial charge in [-0.25, -0.2) is 8.42 Å². The van der Waals surface area contributed by atoms with Gasteiger partial charge in [-0.15, -0.1) is 0 Å². The number of sulfonamides is 1. The van der Waals surface area contributed by atoms with E-state index in [-0.39, 0.29) is 6.04 Å². The van der Waals surface area contributed by atoms with Crippen LogP contribution in [0, 0.1) is 0 Å². The first kappa shape index (κ1) is 16.4. The van der Waals surface area contributed by atoms with Gasteiger partial charge in [-0.05, 0) is 50.6 Å². The normalized spacial score (nSPS) is 18.3. The molecule has 118 valence electrons. The van der Waals surface area contributed by atoms with Gasteiger partial charge in [0.05, 0.1) is 4.90 Å². The lowest BCUT2D eigenvalue weighted by Crippen LogP contribution is -2.35. The number of nitrogens with two attached hydrogens (primary N) is 1. The lowest BCUT2D eigenvalue weighted by atomic mass is 10.1. The quantitative estimate of drug-likeness (QED) is 0.863. The fourth-order valence-corrected chi connectivity index (χ4v) is 3.69. The molecule has 0 amide bonds. The minimum atomic E-state index is -3.41. The molecule has 0 aromatic heterocycles. The van der Waals surface area contributed by atoms with Gasteiger partial charge in [-0.3, -0.25) is 0 Å². The molecule has 0 saturated carbocycles. The first-order chi connectivity index (χ1) is 9.91. The van der Waals surface area contributed by atoms with E-state index in [4.69, 9.17) is 5.73 Å². The number of likely N-dealkylation sites (tertiary alicyclic amines) is 1. The molecule has 1 atom stereocenters. The number of rotatable bonds is 6. The summed E-state index contributed by atoms with van der Waals surface area (Å²) in [6.45, 7) is 5.37. The molecule has 1 aromatic carbocycles. The van der Waals surface area contributed by atoms with Crippen LogP contribution < -0.4 is 5.73 Å². The lowest BCUT2D eigenvalue weighted by molar-refractivity contribution is 0.310. The zero-order chi connectivity index (χ0) is 15.5. The molecule has 1 fully saturated rings. The molecule has 1 aliphatic heterocycles. The van der Waals surface area contributed by atoms with Crippen LogP contribution in [0.25, 0.3) is 0 Å². The Morgan fingerprint density at radius 2 is 1.81 bits per heavy atom. The van der Waals surface area contributed by atoms with Crippen molar-refractivity contribution in [3.8, 4) is 0 Å². The summed E-state index contributed by atoms with van der Waals surface area (Å²) in [5, 5.41) is 0. The molecule has 1 aromatic rings. The smallest absolute Gasteiger partial charge is 0.242 e. The largest absolute Gasteiger partial charge is 0.324 e. The lowest BCUT2D eigenvalue weighted by Gasteiger charge is -2.21. The summed E-state index contributed by atoms with van der Waals surface area (Å²) in [6.07, 6.45) is 2.43. The molecular formula is C15H25N3O2S. The van der Waals surface area contributed by atoms with Gasteiger partial charge in [0.25, 0.3) is 0 Å². The monoisotopic (exact) mass is 311 g/mol. The minimum absolute atomic E-state index is 0.0883.